The second-order valence-electron chi connectivity index (χ2n) is 5.99. The molecule has 2 rings (SSSR count). The third kappa shape index (κ3) is 2.70. The van der Waals surface area contributed by atoms with Gasteiger partial charge in [-0.05, 0) is 27.2 Å². The first-order chi connectivity index (χ1) is 7.80. The monoisotopic (exact) mass is 241 g/mol. The lowest BCUT2D eigenvalue weighted by atomic mass is 9.86. The van der Waals surface area contributed by atoms with E-state index < -0.39 is 5.60 Å². The molecule has 0 N–H and O–H groups in total. The van der Waals surface area contributed by atoms with E-state index in [0.29, 0.717) is 26.1 Å². The molecule has 2 fully saturated rings. The Labute approximate surface area is 101 Å². The molecule has 0 bridgehead atoms. The Morgan fingerprint density at radius 1 is 1.47 bits per heavy atom. The fraction of sp³-hybridized carbons (Fsp3) is 0.833. The van der Waals surface area contributed by atoms with Crippen LogP contribution in [-0.4, -0.2) is 42.3 Å². The van der Waals surface area contributed by atoms with E-state index in [9.17, 15) is 9.59 Å². The van der Waals surface area contributed by atoms with Crippen molar-refractivity contribution in [3.8, 4) is 0 Å². The molecule has 1 amide bonds. The standard InChI is InChI=1S/C12H19NO4/c1-11(2,3)17-10(15)13-5-4-12(7-13)6-9(14)16-8-12/h4-8H2,1-3H3. The van der Waals surface area contributed by atoms with E-state index >= 15 is 0 Å². The number of amides is 1. The number of carbonyl (C=O) groups is 2. The van der Waals surface area contributed by atoms with Crippen LogP contribution in [0, 0.1) is 5.41 Å². The van der Waals surface area contributed by atoms with Crippen molar-refractivity contribution >= 4 is 12.1 Å². The largest absolute Gasteiger partial charge is 0.465 e. The van der Waals surface area contributed by atoms with E-state index in [1.807, 2.05) is 20.8 Å². The van der Waals surface area contributed by atoms with Crippen molar-refractivity contribution in [1.29, 1.82) is 0 Å². The van der Waals surface area contributed by atoms with Crippen molar-refractivity contribution in [3.63, 3.8) is 0 Å². The highest BCUT2D eigenvalue weighted by molar-refractivity contribution is 5.73. The summed E-state index contributed by atoms with van der Waals surface area (Å²) in [6.45, 7) is 7.18. The van der Waals surface area contributed by atoms with Crippen molar-refractivity contribution < 1.29 is 19.1 Å². The number of hydrogen-bond acceptors (Lipinski definition) is 4. The number of likely N-dealkylation sites (tertiary alicyclic amines) is 1. The summed E-state index contributed by atoms with van der Waals surface area (Å²) in [5, 5.41) is 0. The zero-order valence-corrected chi connectivity index (χ0v) is 10.6. The van der Waals surface area contributed by atoms with Crippen molar-refractivity contribution in [1.82, 2.24) is 4.90 Å². The highest BCUT2D eigenvalue weighted by Crippen LogP contribution is 2.39. The lowest BCUT2D eigenvalue weighted by Crippen LogP contribution is -2.37. The molecule has 17 heavy (non-hydrogen) atoms. The van der Waals surface area contributed by atoms with Crippen molar-refractivity contribution in [2.75, 3.05) is 19.7 Å². The third-order valence-corrected chi connectivity index (χ3v) is 3.15. The van der Waals surface area contributed by atoms with Gasteiger partial charge in [0.15, 0.2) is 0 Å². The number of carbonyl (C=O) groups excluding carboxylic acids is 2. The van der Waals surface area contributed by atoms with Crippen LogP contribution in [0.3, 0.4) is 0 Å². The Kier molecular flexibility index (Phi) is 2.79. The van der Waals surface area contributed by atoms with Crippen LogP contribution in [-0.2, 0) is 14.3 Å². The van der Waals surface area contributed by atoms with Crippen molar-refractivity contribution in [2.45, 2.75) is 39.2 Å². The molecule has 2 saturated heterocycles. The molecule has 2 aliphatic rings. The Hall–Kier alpha value is -1.26. The van der Waals surface area contributed by atoms with Crippen LogP contribution in [0.5, 0.6) is 0 Å². The van der Waals surface area contributed by atoms with E-state index in [4.69, 9.17) is 9.47 Å². The van der Waals surface area contributed by atoms with Crippen LogP contribution in [0.2, 0.25) is 0 Å². The van der Waals surface area contributed by atoms with Crippen LogP contribution >= 0.6 is 0 Å². The van der Waals surface area contributed by atoms with Crippen LogP contribution in [0.1, 0.15) is 33.6 Å². The summed E-state index contributed by atoms with van der Waals surface area (Å²) in [6, 6.07) is 0. The number of rotatable bonds is 0. The zero-order valence-electron chi connectivity index (χ0n) is 10.6. The number of hydrogen-bond donors (Lipinski definition) is 0. The maximum Gasteiger partial charge on any atom is 0.410 e. The smallest absolute Gasteiger partial charge is 0.410 e. The van der Waals surface area contributed by atoms with Crippen LogP contribution in [0.25, 0.3) is 0 Å². The molecule has 96 valence electrons. The van der Waals surface area contributed by atoms with E-state index in [2.05, 4.69) is 0 Å². The third-order valence-electron chi connectivity index (χ3n) is 3.15. The van der Waals surface area contributed by atoms with Gasteiger partial charge in [-0.2, -0.15) is 0 Å². The average molecular weight is 241 g/mol. The minimum atomic E-state index is -0.477. The number of cyclic esters (lactones) is 1. The molecule has 5 heteroatoms. The molecular formula is C12H19NO4. The van der Waals surface area contributed by atoms with Crippen LogP contribution in [0.4, 0.5) is 4.79 Å². The molecule has 2 heterocycles. The Morgan fingerprint density at radius 3 is 2.71 bits per heavy atom. The van der Waals surface area contributed by atoms with Gasteiger partial charge in [0.2, 0.25) is 0 Å². The minimum Gasteiger partial charge on any atom is -0.465 e. The highest BCUT2D eigenvalue weighted by Gasteiger charge is 2.47. The predicted molar refractivity (Wildman–Crippen MR) is 60.4 cm³/mol. The maximum absolute atomic E-state index is 11.9. The molecule has 0 aromatic carbocycles. The summed E-state index contributed by atoms with van der Waals surface area (Å²) >= 11 is 0. The van der Waals surface area contributed by atoms with Gasteiger partial charge in [0.1, 0.15) is 5.60 Å². The van der Waals surface area contributed by atoms with E-state index in [-0.39, 0.29) is 17.5 Å². The molecule has 1 atom stereocenters. The molecule has 0 radical (unpaired) electrons. The van der Waals surface area contributed by atoms with Gasteiger partial charge in [-0.3, -0.25) is 4.79 Å². The predicted octanol–water partition coefficient (Wildman–Crippen LogP) is 1.56. The summed E-state index contributed by atoms with van der Waals surface area (Å²) in [5.41, 5.74) is -0.636. The van der Waals surface area contributed by atoms with Gasteiger partial charge in [-0.1, -0.05) is 0 Å². The van der Waals surface area contributed by atoms with E-state index in [1.165, 1.54) is 0 Å². The van der Waals surface area contributed by atoms with Gasteiger partial charge in [0, 0.05) is 18.5 Å². The van der Waals surface area contributed by atoms with Gasteiger partial charge in [0.25, 0.3) is 0 Å². The number of ether oxygens (including phenoxy) is 2. The van der Waals surface area contributed by atoms with E-state index in [1.54, 1.807) is 4.90 Å². The minimum absolute atomic E-state index is 0.156. The first kappa shape index (κ1) is 12.2. The Bertz CT molecular complexity index is 347. The van der Waals surface area contributed by atoms with Gasteiger partial charge in [-0.25, -0.2) is 4.79 Å². The molecular weight excluding hydrogens is 222 g/mol. The molecule has 0 aromatic heterocycles. The van der Waals surface area contributed by atoms with Gasteiger partial charge >= 0.3 is 12.1 Å². The molecule has 5 nitrogen and oxygen atoms in total. The average Bonchev–Trinajstić information content (AvgIpc) is 2.72. The number of nitrogens with zero attached hydrogens (tertiary/aromatic N) is 1. The fourth-order valence-electron chi connectivity index (χ4n) is 2.32. The highest BCUT2D eigenvalue weighted by atomic mass is 16.6. The second kappa shape index (κ2) is 3.89. The van der Waals surface area contributed by atoms with Gasteiger partial charge in [-0.15, -0.1) is 0 Å². The lowest BCUT2D eigenvalue weighted by Gasteiger charge is -2.25. The molecule has 0 aromatic rings. The normalized spacial score (nSPS) is 28.6. The van der Waals surface area contributed by atoms with E-state index in [0.717, 1.165) is 6.42 Å². The van der Waals surface area contributed by atoms with Crippen LogP contribution < -0.4 is 0 Å². The van der Waals surface area contributed by atoms with Crippen LogP contribution in [0.15, 0.2) is 0 Å². The summed E-state index contributed by atoms with van der Waals surface area (Å²) in [5.74, 6) is -0.156. The van der Waals surface area contributed by atoms with Crippen molar-refractivity contribution in [2.24, 2.45) is 5.41 Å². The summed E-state index contributed by atoms with van der Waals surface area (Å²) < 4.78 is 10.3. The molecule has 1 spiro atoms. The van der Waals surface area contributed by atoms with Gasteiger partial charge in [0.05, 0.1) is 13.0 Å². The molecule has 0 saturated carbocycles. The molecule has 1 unspecified atom stereocenters. The first-order valence-corrected chi connectivity index (χ1v) is 5.93. The molecule has 2 aliphatic heterocycles. The molecule has 0 aliphatic carbocycles. The second-order valence-corrected chi connectivity index (χ2v) is 5.99. The summed E-state index contributed by atoms with van der Waals surface area (Å²) in [6.07, 6.45) is 0.943. The Balaban J connectivity index is 1.94. The lowest BCUT2D eigenvalue weighted by molar-refractivity contribution is -0.137. The Morgan fingerprint density at radius 2 is 2.18 bits per heavy atom. The number of esters is 1. The fourth-order valence-corrected chi connectivity index (χ4v) is 2.32. The summed E-state index contributed by atoms with van der Waals surface area (Å²) in [7, 11) is 0. The summed E-state index contributed by atoms with van der Waals surface area (Å²) in [4.78, 5) is 24.7. The van der Waals surface area contributed by atoms with Gasteiger partial charge < -0.3 is 14.4 Å². The SMILES string of the molecule is CC(C)(C)OC(=O)N1CCC2(COC(=O)C2)C1. The zero-order chi connectivity index (χ0) is 12.7. The topological polar surface area (TPSA) is 55.8 Å². The maximum atomic E-state index is 11.9. The quantitative estimate of drug-likeness (QED) is 0.604. The van der Waals surface area contributed by atoms with Crippen molar-refractivity contribution in [3.05, 3.63) is 0 Å². The first-order valence-electron chi connectivity index (χ1n) is 5.93.